The molecule has 124 valence electrons. The van der Waals surface area contributed by atoms with Crippen molar-refractivity contribution in [1.29, 1.82) is 0 Å². The van der Waals surface area contributed by atoms with Gasteiger partial charge in [-0.2, -0.15) is 0 Å². The number of amides is 1. The highest BCUT2D eigenvalue weighted by atomic mass is 35.5. The van der Waals surface area contributed by atoms with Crippen LogP contribution in [0.4, 0.5) is 5.69 Å². The normalized spacial score (nSPS) is 11.6. The molecule has 0 aliphatic rings. The quantitative estimate of drug-likeness (QED) is 0.694. The lowest BCUT2D eigenvalue weighted by Crippen LogP contribution is -2.13. The number of hydrogen-bond acceptors (Lipinski definition) is 4. The zero-order valence-corrected chi connectivity index (χ0v) is 14.1. The maximum absolute atomic E-state index is 12.2. The number of pyridine rings is 1. The molecule has 1 amide bonds. The van der Waals surface area contributed by atoms with Gasteiger partial charge in [-0.05, 0) is 30.3 Å². The van der Waals surface area contributed by atoms with Gasteiger partial charge in [0.2, 0.25) is 10.0 Å². The second kappa shape index (κ2) is 5.90. The molecule has 3 N–H and O–H groups in total. The minimum atomic E-state index is -3.87. The van der Waals surface area contributed by atoms with Crippen LogP contribution in [-0.2, 0) is 17.1 Å². The number of nitrogens with two attached hydrogens (primary N) is 1. The number of rotatable bonds is 3. The SMILES string of the molecule is Cn1cc(S(N)(=O)=O)c2cc(NC(=O)c3ccnc(Cl)c3)ccc21. The van der Waals surface area contributed by atoms with E-state index < -0.39 is 10.0 Å². The Morgan fingerprint density at radius 1 is 1.29 bits per heavy atom. The lowest BCUT2D eigenvalue weighted by atomic mass is 10.2. The van der Waals surface area contributed by atoms with E-state index in [2.05, 4.69) is 10.3 Å². The number of carbonyl (C=O) groups excluding carboxylic acids is 1. The Kier molecular flexibility index (Phi) is 4.04. The Morgan fingerprint density at radius 2 is 2.04 bits per heavy atom. The van der Waals surface area contributed by atoms with Crippen molar-refractivity contribution in [2.75, 3.05) is 5.32 Å². The van der Waals surface area contributed by atoms with Crippen molar-refractivity contribution < 1.29 is 13.2 Å². The van der Waals surface area contributed by atoms with Crippen LogP contribution < -0.4 is 10.5 Å². The molecule has 3 aromatic rings. The molecule has 2 aromatic heterocycles. The minimum Gasteiger partial charge on any atom is -0.349 e. The molecule has 1 aromatic carbocycles. The molecule has 0 saturated carbocycles. The van der Waals surface area contributed by atoms with Crippen molar-refractivity contribution in [3.63, 3.8) is 0 Å². The van der Waals surface area contributed by atoms with Crippen molar-refractivity contribution in [2.24, 2.45) is 12.2 Å². The summed E-state index contributed by atoms with van der Waals surface area (Å²) >= 11 is 5.77. The first kappa shape index (κ1) is 16.4. The van der Waals surface area contributed by atoms with Crippen LogP contribution in [0, 0.1) is 0 Å². The number of carbonyl (C=O) groups is 1. The van der Waals surface area contributed by atoms with E-state index in [4.69, 9.17) is 16.7 Å². The van der Waals surface area contributed by atoms with E-state index in [0.29, 0.717) is 22.2 Å². The summed E-state index contributed by atoms with van der Waals surface area (Å²) in [6.45, 7) is 0. The maximum atomic E-state index is 12.2. The highest BCUT2D eigenvalue weighted by Crippen LogP contribution is 2.27. The summed E-state index contributed by atoms with van der Waals surface area (Å²) in [4.78, 5) is 16.1. The zero-order chi connectivity index (χ0) is 17.5. The number of benzene rings is 1. The number of sulfonamides is 1. The number of nitrogens with one attached hydrogen (secondary N) is 1. The van der Waals surface area contributed by atoms with Crippen LogP contribution in [0.3, 0.4) is 0 Å². The molecule has 0 bridgehead atoms. The molecule has 0 aliphatic heterocycles. The van der Waals surface area contributed by atoms with Gasteiger partial charge in [0.15, 0.2) is 0 Å². The number of primary sulfonamides is 1. The van der Waals surface area contributed by atoms with Crippen LogP contribution in [-0.4, -0.2) is 23.9 Å². The van der Waals surface area contributed by atoms with Gasteiger partial charge in [0.1, 0.15) is 10.0 Å². The van der Waals surface area contributed by atoms with E-state index >= 15 is 0 Å². The molecule has 0 radical (unpaired) electrons. The van der Waals surface area contributed by atoms with Gasteiger partial charge in [-0.15, -0.1) is 0 Å². The molecular formula is C15H13ClN4O3S. The summed E-state index contributed by atoms with van der Waals surface area (Å²) in [7, 11) is -2.15. The first-order valence-corrected chi connectivity index (χ1v) is 8.73. The van der Waals surface area contributed by atoms with Gasteiger partial charge in [0.25, 0.3) is 5.91 Å². The lowest BCUT2D eigenvalue weighted by Gasteiger charge is -2.06. The molecule has 9 heteroatoms. The number of halogens is 1. The van der Waals surface area contributed by atoms with Crippen LogP contribution in [0.5, 0.6) is 0 Å². The van der Waals surface area contributed by atoms with Crippen LogP contribution in [0.1, 0.15) is 10.4 Å². The van der Waals surface area contributed by atoms with Crippen molar-refractivity contribution in [3.05, 3.63) is 53.4 Å². The number of hydrogen-bond donors (Lipinski definition) is 2. The minimum absolute atomic E-state index is 0.00283. The molecule has 0 saturated heterocycles. The summed E-state index contributed by atoms with van der Waals surface area (Å²) in [6, 6.07) is 7.91. The summed E-state index contributed by atoms with van der Waals surface area (Å²) in [5.41, 5.74) is 1.47. The first-order chi connectivity index (χ1) is 11.3. The van der Waals surface area contributed by atoms with Gasteiger partial charge in [-0.25, -0.2) is 18.5 Å². The molecule has 0 unspecified atom stereocenters. The fourth-order valence-electron chi connectivity index (χ4n) is 2.41. The van der Waals surface area contributed by atoms with E-state index in [1.54, 1.807) is 29.8 Å². The maximum Gasteiger partial charge on any atom is 0.255 e. The second-order valence-electron chi connectivity index (χ2n) is 5.20. The van der Waals surface area contributed by atoms with E-state index in [9.17, 15) is 13.2 Å². The van der Waals surface area contributed by atoms with Crippen molar-refractivity contribution in [2.45, 2.75) is 4.90 Å². The zero-order valence-electron chi connectivity index (χ0n) is 12.5. The largest absolute Gasteiger partial charge is 0.349 e. The van der Waals surface area contributed by atoms with Crippen LogP contribution >= 0.6 is 11.6 Å². The third kappa shape index (κ3) is 3.12. The monoisotopic (exact) mass is 364 g/mol. The van der Waals surface area contributed by atoms with Gasteiger partial charge in [0.05, 0.1) is 0 Å². The third-order valence-electron chi connectivity index (χ3n) is 3.51. The molecule has 0 atom stereocenters. The molecule has 2 heterocycles. The van der Waals surface area contributed by atoms with Crippen LogP contribution in [0.25, 0.3) is 10.9 Å². The fourth-order valence-corrected chi connectivity index (χ4v) is 3.36. The summed E-state index contributed by atoms with van der Waals surface area (Å²) in [5, 5.41) is 8.58. The van der Waals surface area contributed by atoms with Gasteiger partial charge < -0.3 is 9.88 Å². The number of aromatic nitrogens is 2. The number of aryl methyl sites for hydroxylation is 1. The Labute approximate surface area is 143 Å². The van der Waals surface area contributed by atoms with Gasteiger partial charge in [-0.3, -0.25) is 4.79 Å². The molecule has 7 nitrogen and oxygen atoms in total. The Balaban J connectivity index is 2.00. The first-order valence-electron chi connectivity index (χ1n) is 6.80. The highest BCUT2D eigenvalue weighted by Gasteiger charge is 2.17. The van der Waals surface area contributed by atoms with Gasteiger partial charge >= 0.3 is 0 Å². The average molecular weight is 365 g/mol. The molecule has 3 rings (SSSR count). The summed E-state index contributed by atoms with van der Waals surface area (Å²) < 4.78 is 25.1. The molecule has 0 aliphatic carbocycles. The Bertz CT molecular complexity index is 1060. The van der Waals surface area contributed by atoms with Crippen molar-refractivity contribution in [1.82, 2.24) is 9.55 Å². The molecule has 24 heavy (non-hydrogen) atoms. The van der Waals surface area contributed by atoms with Gasteiger partial charge in [0, 0.05) is 41.6 Å². The smallest absolute Gasteiger partial charge is 0.255 e. The Hall–Kier alpha value is -2.42. The summed E-state index contributed by atoms with van der Waals surface area (Å²) in [6.07, 6.45) is 2.87. The van der Waals surface area contributed by atoms with E-state index in [-0.39, 0.29) is 16.0 Å². The fraction of sp³-hybridized carbons (Fsp3) is 0.0667. The molecule has 0 spiro atoms. The predicted octanol–water partition coefficient (Wildman–Crippen LogP) is 2.13. The van der Waals surface area contributed by atoms with Crippen molar-refractivity contribution >= 4 is 44.1 Å². The van der Waals surface area contributed by atoms with E-state index in [1.807, 2.05) is 0 Å². The average Bonchev–Trinajstić information content (AvgIpc) is 2.84. The highest BCUT2D eigenvalue weighted by molar-refractivity contribution is 7.89. The predicted molar refractivity (Wildman–Crippen MR) is 91.5 cm³/mol. The van der Waals surface area contributed by atoms with Crippen LogP contribution in [0.15, 0.2) is 47.6 Å². The Morgan fingerprint density at radius 3 is 2.71 bits per heavy atom. The number of anilines is 1. The topological polar surface area (TPSA) is 107 Å². The number of nitrogens with zero attached hydrogens (tertiary/aromatic N) is 2. The van der Waals surface area contributed by atoms with E-state index in [1.165, 1.54) is 24.5 Å². The lowest BCUT2D eigenvalue weighted by molar-refractivity contribution is 0.102. The van der Waals surface area contributed by atoms with Crippen LogP contribution in [0.2, 0.25) is 5.15 Å². The van der Waals surface area contributed by atoms with Crippen molar-refractivity contribution in [3.8, 4) is 0 Å². The van der Waals surface area contributed by atoms with Gasteiger partial charge in [-0.1, -0.05) is 11.6 Å². The third-order valence-corrected chi connectivity index (χ3v) is 4.65. The molecule has 0 fully saturated rings. The van der Waals surface area contributed by atoms with E-state index in [0.717, 1.165) is 0 Å². The molecular weight excluding hydrogens is 352 g/mol. The standard InChI is InChI=1S/C15H13ClN4O3S/c1-20-8-13(24(17,22)23)11-7-10(2-3-12(11)20)19-15(21)9-4-5-18-14(16)6-9/h2-8H,1H3,(H,19,21)(H2,17,22,23). The summed E-state index contributed by atoms with van der Waals surface area (Å²) in [5.74, 6) is -0.383. The second-order valence-corrected chi connectivity index (χ2v) is 7.12. The number of fused-ring (bicyclic) bond motifs is 1.